The maximum atomic E-state index is 12.7. The van der Waals surface area contributed by atoms with Crippen LogP contribution in [0.3, 0.4) is 0 Å². The van der Waals surface area contributed by atoms with Gasteiger partial charge in [0, 0.05) is 11.6 Å². The first-order valence-electron chi connectivity index (χ1n) is 3.87. The zero-order valence-corrected chi connectivity index (χ0v) is 7.04. The van der Waals surface area contributed by atoms with Crippen molar-refractivity contribution in [3.05, 3.63) is 29.8 Å². The lowest BCUT2D eigenvalue weighted by Crippen LogP contribution is -2.29. The Balaban J connectivity index is 2.64. The summed E-state index contributed by atoms with van der Waals surface area (Å²) in [5, 5.41) is 0.536. The lowest BCUT2D eigenvalue weighted by molar-refractivity contribution is 0.0955. The molecule has 0 aliphatic carbocycles. The highest BCUT2D eigenvalue weighted by molar-refractivity contribution is 6.05. The first-order valence-corrected chi connectivity index (χ1v) is 3.87. The summed E-state index contributed by atoms with van der Waals surface area (Å²) in [4.78, 5) is 17.4. The number of halogens is 1. The minimum absolute atomic E-state index is 0.323. The molecule has 2 heterocycles. The van der Waals surface area contributed by atoms with Crippen LogP contribution >= 0.6 is 0 Å². The second-order valence-corrected chi connectivity index (χ2v) is 2.71. The maximum Gasteiger partial charge on any atom is 0.267 e. The van der Waals surface area contributed by atoms with Gasteiger partial charge in [-0.25, -0.2) is 10.8 Å². The van der Waals surface area contributed by atoms with E-state index in [1.54, 1.807) is 0 Å². The highest BCUT2D eigenvalue weighted by Crippen LogP contribution is 2.16. The number of carbonyl (C=O) groups is 1. The third-order valence-corrected chi connectivity index (χ3v) is 1.88. The Morgan fingerprint density at radius 3 is 3.07 bits per heavy atom. The van der Waals surface area contributed by atoms with Gasteiger partial charge in [0.05, 0.1) is 5.56 Å². The fourth-order valence-electron chi connectivity index (χ4n) is 1.25. The summed E-state index contributed by atoms with van der Waals surface area (Å²) in [7, 11) is 0. The van der Waals surface area contributed by atoms with Crippen LogP contribution in [-0.2, 0) is 0 Å². The van der Waals surface area contributed by atoms with Gasteiger partial charge in [0.15, 0.2) is 0 Å². The zero-order chi connectivity index (χ0) is 10.1. The molecule has 0 aromatic carbocycles. The zero-order valence-electron chi connectivity index (χ0n) is 7.04. The van der Waals surface area contributed by atoms with Crippen molar-refractivity contribution in [2.75, 3.05) is 0 Å². The fraction of sp³-hybridized carbons (Fsp3) is 0. The van der Waals surface area contributed by atoms with Gasteiger partial charge in [-0.05, 0) is 12.1 Å². The second-order valence-electron chi connectivity index (χ2n) is 2.71. The summed E-state index contributed by atoms with van der Waals surface area (Å²) in [5.41, 5.74) is 2.66. The molecule has 5 nitrogen and oxygen atoms in total. The Morgan fingerprint density at radius 2 is 2.36 bits per heavy atom. The highest BCUT2D eigenvalue weighted by Gasteiger charge is 2.11. The van der Waals surface area contributed by atoms with Crippen LogP contribution in [-0.4, -0.2) is 15.9 Å². The number of fused-ring (bicyclic) bond motifs is 1. The number of amides is 1. The van der Waals surface area contributed by atoms with E-state index in [2.05, 4.69) is 9.97 Å². The molecule has 2 rings (SSSR count). The summed E-state index contributed by atoms with van der Waals surface area (Å²) in [6, 6.07) is 2.65. The van der Waals surface area contributed by atoms with E-state index < -0.39 is 11.9 Å². The summed E-state index contributed by atoms with van der Waals surface area (Å²) in [6.45, 7) is 0. The molecule has 1 amide bonds. The standard InChI is InChI=1S/C8H7FN4O/c9-6-2-1-4-5(8(14)13-10)3-11-7(4)12-6/h1-3H,10H2,(H,11,12)(H,13,14). The van der Waals surface area contributed by atoms with Crippen LogP contribution in [0.25, 0.3) is 11.0 Å². The largest absolute Gasteiger partial charge is 0.345 e. The molecule has 0 aliphatic rings. The number of hydrogen-bond acceptors (Lipinski definition) is 3. The van der Waals surface area contributed by atoms with E-state index in [1.807, 2.05) is 5.43 Å². The van der Waals surface area contributed by atoms with Crippen LogP contribution in [0.2, 0.25) is 0 Å². The predicted octanol–water partition coefficient (Wildman–Crippen LogP) is 0.305. The van der Waals surface area contributed by atoms with Crippen molar-refractivity contribution in [1.82, 2.24) is 15.4 Å². The molecule has 4 N–H and O–H groups in total. The molecule has 0 saturated heterocycles. The van der Waals surface area contributed by atoms with Crippen LogP contribution in [0, 0.1) is 5.95 Å². The number of hydrogen-bond donors (Lipinski definition) is 3. The molecule has 0 fully saturated rings. The predicted molar refractivity (Wildman–Crippen MR) is 47.7 cm³/mol. The lowest BCUT2D eigenvalue weighted by atomic mass is 10.2. The van der Waals surface area contributed by atoms with E-state index >= 15 is 0 Å². The molecule has 72 valence electrons. The molecule has 0 bridgehead atoms. The van der Waals surface area contributed by atoms with Gasteiger partial charge in [-0.2, -0.15) is 4.39 Å². The van der Waals surface area contributed by atoms with E-state index in [9.17, 15) is 9.18 Å². The average molecular weight is 194 g/mol. The number of rotatable bonds is 1. The van der Waals surface area contributed by atoms with E-state index in [1.165, 1.54) is 18.3 Å². The van der Waals surface area contributed by atoms with Crippen LogP contribution in [0.1, 0.15) is 10.4 Å². The smallest absolute Gasteiger partial charge is 0.267 e. The van der Waals surface area contributed by atoms with Gasteiger partial charge in [0.25, 0.3) is 5.91 Å². The van der Waals surface area contributed by atoms with Gasteiger partial charge >= 0.3 is 0 Å². The molecule has 0 aliphatic heterocycles. The molecule has 0 atom stereocenters. The molecule has 2 aromatic heterocycles. The van der Waals surface area contributed by atoms with Gasteiger partial charge in [-0.1, -0.05) is 0 Å². The summed E-state index contributed by atoms with van der Waals surface area (Å²) in [5.74, 6) is 3.94. The van der Waals surface area contributed by atoms with Crippen LogP contribution in [0.15, 0.2) is 18.3 Å². The number of nitrogens with one attached hydrogen (secondary N) is 2. The van der Waals surface area contributed by atoms with Crippen molar-refractivity contribution in [3.8, 4) is 0 Å². The summed E-state index contributed by atoms with van der Waals surface area (Å²) in [6.07, 6.45) is 1.43. The third-order valence-electron chi connectivity index (χ3n) is 1.88. The highest BCUT2D eigenvalue weighted by atomic mass is 19.1. The number of aromatic amines is 1. The average Bonchev–Trinajstić information content (AvgIpc) is 2.59. The van der Waals surface area contributed by atoms with Crippen molar-refractivity contribution < 1.29 is 9.18 Å². The van der Waals surface area contributed by atoms with E-state index in [0.717, 1.165) is 0 Å². The quantitative estimate of drug-likeness (QED) is 0.264. The Morgan fingerprint density at radius 1 is 1.57 bits per heavy atom. The van der Waals surface area contributed by atoms with Crippen molar-refractivity contribution in [1.29, 1.82) is 0 Å². The molecule has 14 heavy (non-hydrogen) atoms. The number of pyridine rings is 1. The Kier molecular flexibility index (Phi) is 1.90. The number of carbonyl (C=O) groups excluding carboxylic acids is 1. The lowest BCUT2D eigenvalue weighted by Gasteiger charge is -1.95. The topological polar surface area (TPSA) is 83.8 Å². The second kappa shape index (κ2) is 3.08. The number of nitrogens with zero attached hydrogens (tertiary/aromatic N) is 1. The van der Waals surface area contributed by atoms with Gasteiger partial charge in [-0.3, -0.25) is 10.2 Å². The molecular formula is C8H7FN4O. The van der Waals surface area contributed by atoms with Crippen LogP contribution in [0.5, 0.6) is 0 Å². The van der Waals surface area contributed by atoms with Crippen LogP contribution < -0.4 is 11.3 Å². The van der Waals surface area contributed by atoms with Gasteiger partial charge < -0.3 is 4.98 Å². The minimum atomic E-state index is -0.598. The Hall–Kier alpha value is -1.95. The van der Waals surface area contributed by atoms with Gasteiger partial charge in [0.2, 0.25) is 5.95 Å². The monoisotopic (exact) mass is 194 g/mol. The summed E-state index contributed by atoms with van der Waals surface area (Å²) >= 11 is 0. The first kappa shape index (κ1) is 8.64. The molecule has 0 spiro atoms. The molecular weight excluding hydrogens is 187 g/mol. The van der Waals surface area contributed by atoms with Crippen molar-refractivity contribution in [2.45, 2.75) is 0 Å². The van der Waals surface area contributed by atoms with Gasteiger partial charge in [-0.15, -0.1) is 0 Å². The fourth-order valence-corrected chi connectivity index (χ4v) is 1.25. The Labute approximate surface area is 78.1 Å². The molecule has 2 aromatic rings. The van der Waals surface area contributed by atoms with E-state index in [0.29, 0.717) is 16.6 Å². The Bertz CT molecular complexity index is 493. The molecule has 0 saturated carbocycles. The summed E-state index contributed by atoms with van der Waals surface area (Å²) < 4.78 is 12.7. The van der Waals surface area contributed by atoms with Crippen molar-refractivity contribution >= 4 is 16.9 Å². The van der Waals surface area contributed by atoms with E-state index in [-0.39, 0.29) is 0 Å². The van der Waals surface area contributed by atoms with Crippen molar-refractivity contribution in [2.24, 2.45) is 5.84 Å². The third kappa shape index (κ3) is 1.21. The number of aromatic nitrogens is 2. The number of nitrogens with two attached hydrogens (primary N) is 1. The minimum Gasteiger partial charge on any atom is -0.345 e. The molecule has 0 radical (unpaired) electrons. The molecule has 0 unspecified atom stereocenters. The van der Waals surface area contributed by atoms with Gasteiger partial charge in [0.1, 0.15) is 5.65 Å². The first-order chi connectivity index (χ1) is 6.72. The number of nitrogen functional groups attached to an aromatic ring is 1. The van der Waals surface area contributed by atoms with Crippen molar-refractivity contribution in [3.63, 3.8) is 0 Å². The van der Waals surface area contributed by atoms with Crippen LogP contribution in [0.4, 0.5) is 4.39 Å². The SMILES string of the molecule is NNC(=O)c1c[nH]c2nc(F)ccc12. The van der Waals surface area contributed by atoms with E-state index in [4.69, 9.17) is 5.84 Å². The maximum absolute atomic E-state index is 12.7. The number of H-pyrrole nitrogens is 1. The normalized spacial score (nSPS) is 10.4. The molecule has 6 heteroatoms. The number of hydrazine groups is 1.